The highest BCUT2D eigenvalue weighted by Gasteiger charge is 2.79. The highest BCUT2D eigenvalue weighted by atomic mass is 32.2. The van der Waals surface area contributed by atoms with Crippen molar-refractivity contribution in [3.05, 3.63) is 30.3 Å². The maximum atomic E-state index is 12.8. The van der Waals surface area contributed by atoms with Gasteiger partial charge in [-0.1, -0.05) is 18.2 Å². The SMILES string of the molecule is CC1(C)O[C@@]12[C@H]1CC[C@H]2[C@@H](CO)[C@H]1CS(=O)(=O)c1ccccc1. The molecule has 0 aromatic heterocycles. The maximum absolute atomic E-state index is 12.8. The normalized spacial score (nSPS) is 40.7. The van der Waals surface area contributed by atoms with Crippen LogP contribution in [0.15, 0.2) is 35.2 Å². The van der Waals surface area contributed by atoms with Crippen LogP contribution in [0.5, 0.6) is 0 Å². The summed E-state index contributed by atoms with van der Waals surface area (Å²) in [4.78, 5) is 0.379. The Labute approximate surface area is 137 Å². The van der Waals surface area contributed by atoms with Gasteiger partial charge in [-0.15, -0.1) is 0 Å². The fourth-order valence-corrected chi connectivity index (χ4v) is 7.40. The van der Waals surface area contributed by atoms with Gasteiger partial charge in [-0.2, -0.15) is 0 Å². The van der Waals surface area contributed by atoms with Crippen molar-refractivity contribution in [2.75, 3.05) is 12.4 Å². The molecule has 2 aliphatic carbocycles. The highest BCUT2D eigenvalue weighted by molar-refractivity contribution is 7.91. The van der Waals surface area contributed by atoms with E-state index in [0.29, 0.717) is 10.8 Å². The predicted molar refractivity (Wildman–Crippen MR) is 86.7 cm³/mol. The molecule has 1 aromatic carbocycles. The zero-order chi connectivity index (χ0) is 16.5. The minimum atomic E-state index is -3.34. The Bertz CT molecular complexity index is 712. The zero-order valence-electron chi connectivity index (χ0n) is 13.6. The lowest BCUT2D eigenvalue weighted by molar-refractivity contribution is 0.132. The molecule has 2 bridgehead atoms. The molecule has 4 nitrogen and oxygen atoms in total. The molecular weight excluding hydrogens is 312 g/mol. The fourth-order valence-electron chi connectivity index (χ4n) is 5.64. The second-order valence-corrected chi connectivity index (χ2v) is 9.83. The average Bonchev–Trinajstić information content (AvgIpc) is 2.81. The number of ether oxygens (including phenoxy) is 1. The van der Waals surface area contributed by atoms with Crippen LogP contribution in [-0.4, -0.2) is 37.1 Å². The molecule has 0 radical (unpaired) electrons. The van der Waals surface area contributed by atoms with Gasteiger partial charge in [-0.3, -0.25) is 0 Å². The number of hydrogen-bond acceptors (Lipinski definition) is 4. The van der Waals surface area contributed by atoms with E-state index in [4.69, 9.17) is 4.74 Å². The van der Waals surface area contributed by atoms with Crippen molar-refractivity contribution in [3.8, 4) is 0 Å². The van der Waals surface area contributed by atoms with Crippen LogP contribution in [0.25, 0.3) is 0 Å². The highest BCUT2D eigenvalue weighted by Crippen LogP contribution is 2.72. The number of aliphatic hydroxyl groups excluding tert-OH is 1. The average molecular weight is 336 g/mol. The number of epoxide rings is 1. The molecule has 3 aliphatic rings. The molecule has 1 spiro atoms. The summed E-state index contributed by atoms with van der Waals surface area (Å²) in [6.07, 6.45) is 2.06. The number of hydrogen-bond donors (Lipinski definition) is 1. The summed E-state index contributed by atoms with van der Waals surface area (Å²) in [5.41, 5.74) is -0.380. The van der Waals surface area contributed by atoms with E-state index >= 15 is 0 Å². The molecular formula is C18H24O4S. The van der Waals surface area contributed by atoms with Crippen molar-refractivity contribution < 1.29 is 18.3 Å². The van der Waals surface area contributed by atoms with Crippen molar-refractivity contribution in [2.45, 2.75) is 42.8 Å². The molecule has 1 aliphatic heterocycles. The van der Waals surface area contributed by atoms with E-state index in [9.17, 15) is 13.5 Å². The van der Waals surface area contributed by atoms with E-state index in [1.165, 1.54) is 0 Å². The summed E-state index contributed by atoms with van der Waals surface area (Å²) in [5.74, 6) is 0.686. The Morgan fingerprint density at radius 2 is 1.70 bits per heavy atom. The third-order valence-corrected chi connectivity index (χ3v) is 8.34. The molecule has 5 heteroatoms. The monoisotopic (exact) mass is 336 g/mol. The van der Waals surface area contributed by atoms with Gasteiger partial charge < -0.3 is 9.84 Å². The van der Waals surface area contributed by atoms with Crippen LogP contribution in [0.3, 0.4) is 0 Å². The molecule has 3 fully saturated rings. The molecule has 1 saturated heterocycles. The lowest BCUT2D eigenvalue weighted by Gasteiger charge is -2.28. The lowest BCUT2D eigenvalue weighted by atomic mass is 9.81. The van der Waals surface area contributed by atoms with Gasteiger partial charge in [0.15, 0.2) is 9.84 Å². The van der Waals surface area contributed by atoms with Gasteiger partial charge >= 0.3 is 0 Å². The molecule has 1 N–H and O–H groups in total. The minimum absolute atomic E-state index is 0.00858. The summed E-state index contributed by atoms with van der Waals surface area (Å²) in [6.45, 7) is 4.25. The van der Waals surface area contributed by atoms with Crippen LogP contribution in [0.2, 0.25) is 0 Å². The number of sulfone groups is 1. The maximum Gasteiger partial charge on any atom is 0.178 e. The van der Waals surface area contributed by atoms with E-state index in [2.05, 4.69) is 13.8 Å². The van der Waals surface area contributed by atoms with Gasteiger partial charge in [0.05, 0.1) is 16.2 Å². The van der Waals surface area contributed by atoms with Gasteiger partial charge in [-0.25, -0.2) is 8.42 Å². The quantitative estimate of drug-likeness (QED) is 0.857. The van der Waals surface area contributed by atoms with Crippen molar-refractivity contribution in [1.29, 1.82) is 0 Å². The Morgan fingerprint density at radius 1 is 1.13 bits per heavy atom. The standard InChI is InChI=1S/C18H24O4S/c1-17(2)18(22-17)15-8-9-16(18)14(13(15)10-19)11-23(20,21)12-6-4-3-5-7-12/h3-7,13-16,19H,8-11H2,1-2H3/t13-,14+,15-,16-,18-/m0/s1. The topological polar surface area (TPSA) is 66.9 Å². The lowest BCUT2D eigenvalue weighted by Crippen LogP contribution is -2.31. The second kappa shape index (κ2) is 4.80. The third kappa shape index (κ3) is 1.99. The third-order valence-electron chi connectivity index (χ3n) is 6.52. The smallest absolute Gasteiger partial charge is 0.178 e. The van der Waals surface area contributed by atoms with E-state index in [1.54, 1.807) is 24.3 Å². The summed E-state index contributed by atoms with van der Waals surface area (Å²) < 4.78 is 31.7. The van der Waals surface area contributed by atoms with Crippen LogP contribution in [-0.2, 0) is 14.6 Å². The van der Waals surface area contributed by atoms with Crippen molar-refractivity contribution in [3.63, 3.8) is 0 Å². The molecule has 4 rings (SSSR count). The predicted octanol–water partition coefficient (Wildman–Crippen LogP) is 2.27. The summed E-state index contributed by atoms with van der Waals surface area (Å²) in [5, 5.41) is 9.91. The molecule has 23 heavy (non-hydrogen) atoms. The first-order valence-electron chi connectivity index (χ1n) is 8.42. The largest absolute Gasteiger partial charge is 0.396 e. The van der Waals surface area contributed by atoms with Gasteiger partial charge in [0.25, 0.3) is 0 Å². The number of benzene rings is 1. The Balaban J connectivity index is 1.65. The number of aliphatic hydroxyl groups is 1. The van der Waals surface area contributed by atoms with E-state index in [0.717, 1.165) is 12.8 Å². The van der Waals surface area contributed by atoms with Crippen LogP contribution < -0.4 is 0 Å². The number of rotatable bonds is 4. The van der Waals surface area contributed by atoms with E-state index in [-0.39, 0.29) is 41.3 Å². The molecule has 5 atom stereocenters. The van der Waals surface area contributed by atoms with Gasteiger partial charge in [0.2, 0.25) is 0 Å². The van der Waals surface area contributed by atoms with Crippen molar-refractivity contribution >= 4 is 9.84 Å². The fraction of sp³-hybridized carbons (Fsp3) is 0.667. The molecule has 1 heterocycles. The van der Waals surface area contributed by atoms with Crippen molar-refractivity contribution in [1.82, 2.24) is 0 Å². The molecule has 0 unspecified atom stereocenters. The first kappa shape index (κ1) is 15.6. The Hall–Kier alpha value is -0.910. The van der Waals surface area contributed by atoms with E-state index in [1.807, 2.05) is 6.07 Å². The van der Waals surface area contributed by atoms with Gasteiger partial charge in [0.1, 0.15) is 5.60 Å². The Morgan fingerprint density at radius 3 is 2.22 bits per heavy atom. The Kier molecular flexibility index (Phi) is 3.26. The second-order valence-electron chi connectivity index (χ2n) is 7.80. The van der Waals surface area contributed by atoms with Crippen molar-refractivity contribution in [2.24, 2.45) is 23.7 Å². The van der Waals surface area contributed by atoms with Crippen LogP contribution in [0.4, 0.5) is 0 Å². The zero-order valence-corrected chi connectivity index (χ0v) is 14.4. The van der Waals surface area contributed by atoms with Crippen LogP contribution in [0, 0.1) is 23.7 Å². The summed E-state index contributed by atoms with van der Waals surface area (Å²) in [7, 11) is -3.34. The van der Waals surface area contributed by atoms with E-state index < -0.39 is 9.84 Å². The first-order valence-corrected chi connectivity index (χ1v) is 10.1. The van der Waals surface area contributed by atoms with Crippen LogP contribution in [0.1, 0.15) is 26.7 Å². The summed E-state index contributed by atoms with van der Waals surface area (Å²) in [6, 6.07) is 8.65. The van der Waals surface area contributed by atoms with Gasteiger partial charge in [0, 0.05) is 6.61 Å². The minimum Gasteiger partial charge on any atom is -0.396 e. The first-order chi connectivity index (χ1) is 10.8. The van der Waals surface area contributed by atoms with Crippen LogP contribution >= 0.6 is 0 Å². The molecule has 2 saturated carbocycles. The molecule has 0 amide bonds. The molecule has 126 valence electrons. The molecule has 1 aromatic rings. The summed E-state index contributed by atoms with van der Waals surface area (Å²) >= 11 is 0. The van der Waals surface area contributed by atoms with Gasteiger partial charge in [-0.05, 0) is 62.5 Å².